The van der Waals surface area contributed by atoms with Gasteiger partial charge in [-0.25, -0.2) is 0 Å². The SMILES string of the molecule is C[N+](C)(C)c1cccc(N=Nc2ccc(N=Nc3ccc(N=Nc4ccccc4)c(N)c3N)c3ccccc23)c1. The number of fused-ring (bicyclic) bond motifs is 1. The Labute approximate surface area is 232 Å². The molecule has 0 unspecified atom stereocenters. The number of nitrogens with two attached hydrogens (primary N) is 2. The molecule has 5 aromatic carbocycles. The lowest BCUT2D eigenvalue weighted by molar-refractivity contribution is 0.486. The molecular weight excluding hydrogens is 498 g/mol. The summed E-state index contributed by atoms with van der Waals surface area (Å²) in [4.78, 5) is 0. The largest absolute Gasteiger partial charge is 0.395 e. The van der Waals surface area contributed by atoms with Crippen molar-refractivity contribution in [2.75, 3.05) is 32.6 Å². The van der Waals surface area contributed by atoms with E-state index in [9.17, 15) is 0 Å². The van der Waals surface area contributed by atoms with Crippen LogP contribution in [0.4, 0.5) is 51.2 Å². The number of quaternary nitrogens is 1. The molecule has 0 saturated carbocycles. The predicted octanol–water partition coefficient (Wildman–Crippen LogP) is 9.45. The van der Waals surface area contributed by atoms with Crippen LogP contribution in [0.2, 0.25) is 0 Å². The summed E-state index contributed by atoms with van der Waals surface area (Å²) in [6.45, 7) is 0. The summed E-state index contributed by atoms with van der Waals surface area (Å²) in [6.07, 6.45) is 0. The smallest absolute Gasteiger partial charge is 0.134 e. The van der Waals surface area contributed by atoms with Crippen LogP contribution in [0.5, 0.6) is 0 Å². The number of nitrogen functional groups attached to an aromatic ring is 2. The zero-order chi connectivity index (χ0) is 28.1. The van der Waals surface area contributed by atoms with Gasteiger partial charge in [-0.05, 0) is 48.5 Å². The quantitative estimate of drug-likeness (QED) is 0.124. The Morgan fingerprint density at radius 2 is 0.900 bits per heavy atom. The van der Waals surface area contributed by atoms with Crippen LogP contribution in [0.3, 0.4) is 0 Å². The van der Waals surface area contributed by atoms with Gasteiger partial charge in [0, 0.05) is 16.8 Å². The first-order valence-electron chi connectivity index (χ1n) is 12.7. The van der Waals surface area contributed by atoms with Gasteiger partial charge in [0.25, 0.3) is 0 Å². The predicted molar refractivity (Wildman–Crippen MR) is 164 cm³/mol. The first-order valence-corrected chi connectivity index (χ1v) is 12.7. The third-order valence-electron chi connectivity index (χ3n) is 6.29. The van der Waals surface area contributed by atoms with Crippen molar-refractivity contribution in [3.05, 3.63) is 103 Å². The maximum atomic E-state index is 6.28. The Morgan fingerprint density at radius 3 is 1.50 bits per heavy atom. The third kappa shape index (κ3) is 5.90. The second kappa shape index (κ2) is 11.2. The van der Waals surface area contributed by atoms with E-state index in [2.05, 4.69) is 57.9 Å². The summed E-state index contributed by atoms with van der Waals surface area (Å²) in [7, 11) is 6.35. The van der Waals surface area contributed by atoms with E-state index in [1.807, 2.05) is 84.9 Å². The molecule has 0 aliphatic carbocycles. The van der Waals surface area contributed by atoms with Gasteiger partial charge in [-0.15, -0.1) is 20.5 Å². The first-order chi connectivity index (χ1) is 19.3. The molecule has 198 valence electrons. The van der Waals surface area contributed by atoms with Gasteiger partial charge >= 0.3 is 0 Å². The second-order valence-corrected chi connectivity index (χ2v) is 10.0. The number of rotatable bonds is 7. The van der Waals surface area contributed by atoms with Gasteiger partial charge in [0.1, 0.15) is 17.1 Å². The van der Waals surface area contributed by atoms with Crippen LogP contribution in [0.1, 0.15) is 0 Å². The van der Waals surface area contributed by atoms with Crippen molar-refractivity contribution < 1.29 is 0 Å². The summed E-state index contributed by atoms with van der Waals surface area (Å²) in [5, 5.41) is 28.2. The van der Waals surface area contributed by atoms with Crippen LogP contribution in [-0.4, -0.2) is 21.1 Å². The van der Waals surface area contributed by atoms with E-state index in [4.69, 9.17) is 11.5 Å². The Hall–Kier alpha value is -5.28. The number of azo groups is 3. The minimum Gasteiger partial charge on any atom is -0.395 e. The maximum absolute atomic E-state index is 6.28. The van der Waals surface area contributed by atoms with Crippen molar-refractivity contribution in [1.82, 2.24) is 4.48 Å². The highest BCUT2D eigenvalue weighted by molar-refractivity contribution is 5.99. The summed E-state index contributed by atoms with van der Waals surface area (Å²) in [5.74, 6) is 0. The number of hydrogen-bond acceptors (Lipinski definition) is 8. The van der Waals surface area contributed by atoms with E-state index in [0.29, 0.717) is 32.9 Å². The van der Waals surface area contributed by atoms with Crippen LogP contribution in [0, 0.1) is 0 Å². The number of hydrogen-bond donors (Lipinski definition) is 2. The highest BCUT2D eigenvalue weighted by atomic mass is 15.3. The van der Waals surface area contributed by atoms with Crippen molar-refractivity contribution in [3.8, 4) is 0 Å². The molecule has 9 nitrogen and oxygen atoms in total. The molecule has 0 bridgehead atoms. The first kappa shape index (κ1) is 26.3. The molecule has 0 atom stereocenters. The summed E-state index contributed by atoms with van der Waals surface area (Å²) in [6, 6.07) is 32.5. The molecule has 0 fully saturated rings. The Bertz CT molecular complexity index is 1750. The van der Waals surface area contributed by atoms with E-state index in [1.165, 1.54) is 0 Å². The van der Waals surface area contributed by atoms with Gasteiger partial charge in [-0.3, -0.25) is 4.48 Å². The van der Waals surface area contributed by atoms with E-state index < -0.39 is 0 Å². The monoisotopic (exact) mass is 528 g/mol. The average molecular weight is 529 g/mol. The molecule has 0 heterocycles. The van der Waals surface area contributed by atoms with Gasteiger partial charge in [0.15, 0.2) is 0 Å². The highest BCUT2D eigenvalue weighted by Crippen LogP contribution is 2.39. The summed E-state index contributed by atoms with van der Waals surface area (Å²) >= 11 is 0. The second-order valence-electron chi connectivity index (χ2n) is 10.0. The van der Waals surface area contributed by atoms with Crippen molar-refractivity contribution in [1.29, 1.82) is 0 Å². The molecule has 4 N–H and O–H groups in total. The van der Waals surface area contributed by atoms with Crippen LogP contribution in [0.15, 0.2) is 134 Å². The molecule has 0 saturated heterocycles. The number of nitrogens with zero attached hydrogens (tertiary/aromatic N) is 7. The molecule has 0 aliphatic rings. The minimum atomic E-state index is 0.291. The summed E-state index contributed by atoms with van der Waals surface area (Å²) < 4.78 is 0.697. The van der Waals surface area contributed by atoms with Crippen molar-refractivity contribution in [3.63, 3.8) is 0 Å². The molecule has 0 radical (unpaired) electrons. The normalized spacial score (nSPS) is 12.3. The van der Waals surface area contributed by atoms with Crippen molar-refractivity contribution in [2.45, 2.75) is 0 Å². The van der Waals surface area contributed by atoms with Crippen molar-refractivity contribution in [2.24, 2.45) is 30.7 Å². The molecule has 9 heteroatoms. The Kier molecular flexibility index (Phi) is 7.39. The third-order valence-corrected chi connectivity index (χ3v) is 6.29. The molecule has 0 spiro atoms. The van der Waals surface area contributed by atoms with E-state index in [0.717, 1.165) is 33.5 Å². The fourth-order valence-electron chi connectivity index (χ4n) is 4.03. The average Bonchev–Trinajstić information content (AvgIpc) is 2.97. The van der Waals surface area contributed by atoms with Crippen molar-refractivity contribution >= 4 is 62.0 Å². The lowest BCUT2D eigenvalue weighted by Gasteiger charge is -2.23. The van der Waals surface area contributed by atoms with Gasteiger partial charge in [0.05, 0.1) is 55.3 Å². The standard InChI is InChI=1S/C31H30N9/c1-40(2,3)23-13-9-12-22(20-23)35-36-26-16-17-27(25-15-8-7-14-24(25)26)37-39-29-19-18-28(30(32)31(29)33)38-34-21-10-5-4-6-11-21/h4-20H,32-33H2,1-3H3/q+1. The number of anilines is 2. The van der Waals surface area contributed by atoms with Crippen LogP contribution in [-0.2, 0) is 0 Å². The lowest BCUT2D eigenvalue weighted by atomic mass is 10.1. The van der Waals surface area contributed by atoms with Gasteiger partial charge in [-0.1, -0.05) is 48.5 Å². The zero-order valence-corrected chi connectivity index (χ0v) is 22.6. The zero-order valence-electron chi connectivity index (χ0n) is 22.6. The molecule has 0 aromatic heterocycles. The fraction of sp³-hybridized carbons (Fsp3) is 0.0968. The highest BCUT2D eigenvalue weighted by Gasteiger charge is 2.12. The topological polar surface area (TPSA) is 126 Å². The molecule has 5 aromatic rings. The van der Waals surface area contributed by atoms with Crippen LogP contribution in [0.25, 0.3) is 10.8 Å². The molecule has 40 heavy (non-hydrogen) atoms. The minimum absolute atomic E-state index is 0.291. The fourth-order valence-corrected chi connectivity index (χ4v) is 4.03. The lowest BCUT2D eigenvalue weighted by Crippen LogP contribution is -2.34. The summed E-state index contributed by atoms with van der Waals surface area (Å²) in [5.41, 5.74) is 18.1. The van der Waals surface area contributed by atoms with Crippen LogP contribution >= 0.6 is 0 Å². The maximum Gasteiger partial charge on any atom is 0.134 e. The number of benzene rings is 5. The molecular formula is C31H30N9+. The van der Waals surface area contributed by atoms with Crippen LogP contribution < -0.4 is 16.0 Å². The Morgan fingerprint density at radius 1 is 0.450 bits per heavy atom. The van der Waals surface area contributed by atoms with Gasteiger partial charge < -0.3 is 11.5 Å². The molecule has 0 aliphatic heterocycles. The van der Waals surface area contributed by atoms with E-state index in [1.54, 1.807) is 12.1 Å². The molecule has 0 amide bonds. The van der Waals surface area contributed by atoms with Gasteiger partial charge in [0.2, 0.25) is 0 Å². The van der Waals surface area contributed by atoms with E-state index >= 15 is 0 Å². The van der Waals surface area contributed by atoms with Gasteiger partial charge in [-0.2, -0.15) is 10.2 Å². The Balaban J connectivity index is 1.41. The van der Waals surface area contributed by atoms with E-state index in [-0.39, 0.29) is 0 Å². The molecule has 5 rings (SSSR count).